The molecule has 0 aromatic carbocycles. The van der Waals surface area contributed by atoms with Gasteiger partial charge in [0.1, 0.15) is 0 Å². The Kier molecular flexibility index (Phi) is 4.12. The van der Waals surface area contributed by atoms with Gasteiger partial charge in [0.15, 0.2) is 0 Å². The minimum absolute atomic E-state index is 0.284. The molecule has 0 radical (unpaired) electrons. The van der Waals surface area contributed by atoms with Gasteiger partial charge in [0, 0.05) is 18.6 Å². The largest absolute Gasteiger partial charge is 0.424 e. The van der Waals surface area contributed by atoms with Gasteiger partial charge in [-0.15, -0.1) is 10.2 Å². The lowest BCUT2D eigenvalue weighted by Gasteiger charge is -2.18. The molecule has 5 heteroatoms. The van der Waals surface area contributed by atoms with E-state index in [9.17, 15) is 0 Å². The van der Waals surface area contributed by atoms with Crippen LogP contribution < -0.4 is 5.32 Å². The summed E-state index contributed by atoms with van der Waals surface area (Å²) in [6.07, 6.45) is 2.62. The first-order valence-corrected chi connectivity index (χ1v) is 6.34. The summed E-state index contributed by atoms with van der Waals surface area (Å²) in [4.78, 5) is 0. The van der Waals surface area contributed by atoms with Crippen molar-refractivity contribution in [2.24, 2.45) is 0 Å². The average Bonchev–Trinajstić information content (AvgIpc) is 2.97. The van der Waals surface area contributed by atoms with Gasteiger partial charge >= 0.3 is 0 Å². The first-order chi connectivity index (χ1) is 8.16. The highest BCUT2D eigenvalue weighted by molar-refractivity contribution is 4.87. The van der Waals surface area contributed by atoms with Crippen LogP contribution in [0.3, 0.4) is 0 Å². The Hall–Kier alpha value is -0.940. The summed E-state index contributed by atoms with van der Waals surface area (Å²) >= 11 is 0. The zero-order chi connectivity index (χ0) is 12.3. The first-order valence-electron chi connectivity index (χ1n) is 6.34. The number of aromatic nitrogens is 2. The summed E-state index contributed by atoms with van der Waals surface area (Å²) in [6.45, 7) is 7.71. The van der Waals surface area contributed by atoms with E-state index in [4.69, 9.17) is 9.15 Å². The molecule has 0 saturated carbocycles. The minimum atomic E-state index is 0.284. The van der Waals surface area contributed by atoms with Crippen LogP contribution in [-0.4, -0.2) is 29.0 Å². The smallest absolute Gasteiger partial charge is 0.230 e. The molecule has 2 heterocycles. The third-order valence-electron chi connectivity index (χ3n) is 3.07. The first kappa shape index (κ1) is 12.5. The molecule has 0 unspecified atom stereocenters. The Morgan fingerprint density at radius 3 is 2.76 bits per heavy atom. The zero-order valence-corrected chi connectivity index (χ0v) is 10.8. The highest BCUT2D eigenvalue weighted by atomic mass is 16.5. The van der Waals surface area contributed by atoms with Gasteiger partial charge in [-0.3, -0.25) is 0 Å². The zero-order valence-electron chi connectivity index (χ0n) is 10.8. The number of ether oxygens (including phenoxy) is 1. The van der Waals surface area contributed by atoms with Crippen molar-refractivity contribution in [1.29, 1.82) is 0 Å². The fraction of sp³-hybridized carbons (Fsp3) is 0.833. The molecule has 2 rings (SSSR count). The second-order valence-electron chi connectivity index (χ2n) is 4.91. The predicted molar refractivity (Wildman–Crippen MR) is 63.7 cm³/mol. The van der Waals surface area contributed by atoms with Gasteiger partial charge in [-0.25, -0.2) is 0 Å². The number of nitrogens with one attached hydrogen (secondary N) is 1. The van der Waals surface area contributed by atoms with Crippen molar-refractivity contribution < 1.29 is 9.15 Å². The minimum Gasteiger partial charge on any atom is -0.424 e. The van der Waals surface area contributed by atoms with E-state index in [0.717, 1.165) is 19.4 Å². The maximum absolute atomic E-state index is 5.62. The van der Waals surface area contributed by atoms with Crippen LogP contribution in [0.15, 0.2) is 4.42 Å². The molecule has 1 saturated heterocycles. The third kappa shape index (κ3) is 3.26. The molecule has 1 aliphatic heterocycles. The second-order valence-corrected chi connectivity index (χ2v) is 4.91. The molecular weight excluding hydrogens is 218 g/mol. The van der Waals surface area contributed by atoms with Crippen LogP contribution in [0.2, 0.25) is 0 Å². The van der Waals surface area contributed by atoms with Crippen LogP contribution in [0, 0.1) is 0 Å². The maximum atomic E-state index is 5.62. The normalized spacial score (nSPS) is 22.2. The quantitative estimate of drug-likeness (QED) is 0.849. The Labute approximate surface area is 102 Å². The van der Waals surface area contributed by atoms with Gasteiger partial charge in [-0.05, 0) is 19.8 Å². The molecule has 1 aromatic heterocycles. The lowest BCUT2D eigenvalue weighted by molar-refractivity contribution is 0.0824. The van der Waals surface area contributed by atoms with E-state index in [1.807, 2.05) is 13.8 Å². The fourth-order valence-electron chi connectivity index (χ4n) is 1.95. The van der Waals surface area contributed by atoms with Crippen molar-refractivity contribution in [3.05, 3.63) is 11.8 Å². The van der Waals surface area contributed by atoms with Gasteiger partial charge < -0.3 is 14.5 Å². The van der Waals surface area contributed by atoms with Gasteiger partial charge in [-0.2, -0.15) is 0 Å². The van der Waals surface area contributed by atoms with Crippen LogP contribution in [0.1, 0.15) is 51.3 Å². The SMILES string of the molecule is CC(C)c1nnc(CN[C@@H](C)[C@H]2CCCO2)o1. The Morgan fingerprint density at radius 1 is 1.35 bits per heavy atom. The summed E-state index contributed by atoms with van der Waals surface area (Å²) in [7, 11) is 0. The van der Waals surface area contributed by atoms with Crippen molar-refractivity contribution in [1.82, 2.24) is 15.5 Å². The van der Waals surface area contributed by atoms with E-state index in [1.54, 1.807) is 0 Å². The van der Waals surface area contributed by atoms with Gasteiger partial charge in [0.25, 0.3) is 0 Å². The van der Waals surface area contributed by atoms with Crippen molar-refractivity contribution in [3.63, 3.8) is 0 Å². The molecule has 1 fully saturated rings. The van der Waals surface area contributed by atoms with Crippen molar-refractivity contribution in [3.8, 4) is 0 Å². The van der Waals surface area contributed by atoms with Crippen molar-refractivity contribution in [2.45, 2.75) is 58.2 Å². The summed E-state index contributed by atoms with van der Waals surface area (Å²) in [5.41, 5.74) is 0. The summed E-state index contributed by atoms with van der Waals surface area (Å²) in [5, 5.41) is 11.4. The highest BCUT2D eigenvalue weighted by Gasteiger charge is 2.22. The second kappa shape index (κ2) is 5.60. The molecule has 0 bridgehead atoms. The lowest BCUT2D eigenvalue weighted by atomic mass is 10.1. The molecule has 1 aliphatic rings. The Morgan fingerprint density at radius 2 is 2.18 bits per heavy atom. The Balaban J connectivity index is 1.80. The number of hydrogen-bond acceptors (Lipinski definition) is 5. The summed E-state index contributed by atoms with van der Waals surface area (Å²) in [6, 6.07) is 0.326. The molecule has 0 spiro atoms. The topological polar surface area (TPSA) is 60.2 Å². The van der Waals surface area contributed by atoms with Crippen molar-refractivity contribution >= 4 is 0 Å². The number of nitrogens with zero attached hydrogens (tertiary/aromatic N) is 2. The molecule has 1 N–H and O–H groups in total. The van der Waals surface area contributed by atoms with E-state index in [1.165, 1.54) is 0 Å². The molecule has 17 heavy (non-hydrogen) atoms. The van der Waals surface area contributed by atoms with E-state index < -0.39 is 0 Å². The van der Waals surface area contributed by atoms with Gasteiger partial charge in [0.2, 0.25) is 11.8 Å². The average molecular weight is 239 g/mol. The van der Waals surface area contributed by atoms with Gasteiger partial charge in [-0.1, -0.05) is 13.8 Å². The number of rotatable bonds is 5. The highest BCUT2D eigenvalue weighted by Crippen LogP contribution is 2.16. The van der Waals surface area contributed by atoms with E-state index in [-0.39, 0.29) is 5.92 Å². The summed E-state index contributed by atoms with van der Waals surface area (Å²) < 4.78 is 11.2. The van der Waals surface area contributed by atoms with Gasteiger partial charge in [0.05, 0.1) is 12.6 Å². The molecule has 5 nitrogen and oxygen atoms in total. The number of hydrogen-bond donors (Lipinski definition) is 1. The van der Waals surface area contributed by atoms with Crippen LogP contribution in [-0.2, 0) is 11.3 Å². The predicted octanol–water partition coefficient (Wildman–Crippen LogP) is 1.85. The van der Waals surface area contributed by atoms with E-state index in [2.05, 4.69) is 22.4 Å². The molecule has 1 aromatic rings. The van der Waals surface area contributed by atoms with E-state index >= 15 is 0 Å². The maximum Gasteiger partial charge on any atom is 0.230 e. The third-order valence-corrected chi connectivity index (χ3v) is 3.07. The van der Waals surface area contributed by atoms with Crippen LogP contribution in [0.5, 0.6) is 0 Å². The Bertz CT molecular complexity index is 345. The molecule has 2 atom stereocenters. The van der Waals surface area contributed by atoms with Crippen LogP contribution in [0.25, 0.3) is 0 Å². The summed E-state index contributed by atoms with van der Waals surface area (Å²) in [5.74, 6) is 1.64. The van der Waals surface area contributed by atoms with Crippen molar-refractivity contribution in [2.75, 3.05) is 6.61 Å². The van der Waals surface area contributed by atoms with Crippen LogP contribution >= 0.6 is 0 Å². The lowest BCUT2D eigenvalue weighted by Crippen LogP contribution is -2.36. The fourth-order valence-corrected chi connectivity index (χ4v) is 1.95. The van der Waals surface area contributed by atoms with E-state index in [0.29, 0.717) is 30.5 Å². The standard InChI is InChI=1S/C12H21N3O2/c1-8(2)12-15-14-11(17-12)7-13-9(3)10-5-4-6-16-10/h8-10,13H,4-7H2,1-3H3/t9-,10+/m0/s1. The molecule has 0 amide bonds. The molecule has 0 aliphatic carbocycles. The molecule has 96 valence electrons. The monoisotopic (exact) mass is 239 g/mol. The van der Waals surface area contributed by atoms with Crippen LogP contribution in [0.4, 0.5) is 0 Å². The molecular formula is C12H21N3O2.